The van der Waals surface area contributed by atoms with E-state index in [1.807, 2.05) is 6.92 Å². The fraction of sp³-hybridized carbons (Fsp3) is 0.333. The van der Waals surface area contributed by atoms with Crippen molar-refractivity contribution in [2.45, 2.75) is 18.2 Å². The third-order valence-electron chi connectivity index (χ3n) is 2.14. The molecule has 1 amide bonds. The monoisotopic (exact) mass is 271 g/mol. The van der Waals surface area contributed by atoms with E-state index in [9.17, 15) is 14.0 Å². The molecule has 0 saturated carbocycles. The van der Waals surface area contributed by atoms with Gasteiger partial charge in [0.15, 0.2) is 0 Å². The second-order valence-electron chi connectivity index (χ2n) is 3.50. The molecule has 2 N–H and O–H groups in total. The molecule has 1 aromatic carbocycles. The summed E-state index contributed by atoms with van der Waals surface area (Å²) < 4.78 is 13.4. The Labute approximate surface area is 109 Å². The number of amides is 1. The SMILES string of the molecule is CCNC(=O)CCSc1cc(C(=O)O)ccc1F. The highest BCUT2D eigenvalue weighted by molar-refractivity contribution is 7.99. The van der Waals surface area contributed by atoms with Crippen molar-refractivity contribution < 1.29 is 19.1 Å². The minimum atomic E-state index is -1.10. The van der Waals surface area contributed by atoms with Crippen molar-refractivity contribution in [2.24, 2.45) is 0 Å². The zero-order valence-electron chi connectivity index (χ0n) is 9.90. The molecule has 0 heterocycles. The lowest BCUT2D eigenvalue weighted by atomic mass is 10.2. The molecule has 6 heteroatoms. The van der Waals surface area contributed by atoms with Gasteiger partial charge in [0.2, 0.25) is 5.91 Å². The molecule has 0 bridgehead atoms. The normalized spacial score (nSPS) is 10.1. The summed E-state index contributed by atoms with van der Waals surface area (Å²) in [6, 6.07) is 3.61. The van der Waals surface area contributed by atoms with E-state index in [0.717, 1.165) is 17.8 Å². The average Bonchev–Trinajstić information content (AvgIpc) is 2.31. The Hall–Kier alpha value is -1.56. The second-order valence-corrected chi connectivity index (χ2v) is 4.64. The van der Waals surface area contributed by atoms with Gasteiger partial charge in [0.25, 0.3) is 0 Å². The third-order valence-corrected chi connectivity index (χ3v) is 3.17. The number of thioether (sulfide) groups is 1. The first-order valence-corrected chi connectivity index (χ1v) is 6.45. The number of halogens is 1. The van der Waals surface area contributed by atoms with Crippen LogP contribution in [0.2, 0.25) is 0 Å². The molecule has 0 fully saturated rings. The van der Waals surface area contributed by atoms with E-state index in [2.05, 4.69) is 5.32 Å². The zero-order valence-corrected chi connectivity index (χ0v) is 10.7. The van der Waals surface area contributed by atoms with Crippen LogP contribution in [0, 0.1) is 5.82 Å². The number of carboxylic acids is 1. The first-order valence-electron chi connectivity index (χ1n) is 5.47. The van der Waals surface area contributed by atoms with E-state index in [4.69, 9.17) is 5.11 Å². The molecule has 0 radical (unpaired) electrons. The van der Waals surface area contributed by atoms with Crippen molar-refractivity contribution in [2.75, 3.05) is 12.3 Å². The van der Waals surface area contributed by atoms with Crippen molar-refractivity contribution in [3.8, 4) is 0 Å². The van der Waals surface area contributed by atoms with Gasteiger partial charge >= 0.3 is 5.97 Å². The lowest BCUT2D eigenvalue weighted by molar-refractivity contribution is -0.120. The molecule has 1 aromatic rings. The number of nitrogens with one attached hydrogen (secondary N) is 1. The fourth-order valence-electron chi connectivity index (χ4n) is 1.29. The summed E-state index contributed by atoms with van der Waals surface area (Å²) in [6.45, 7) is 2.38. The van der Waals surface area contributed by atoms with Gasteiger partial charge in [-0.25, -0.2) is 9.18 Å². The van der Waals surface area contributed by atoms with Crippen LogP contribution in [-0.4, -0.2) is 29.3 Å². The third kappa shape index (κ3) is 4.37. The van der Waals surface area contributed by atoms with E-state index in [0.29, 0.717) is 12.3 Å². The average molecular weight is 271 g/mol. The number of aromatic carboxylic acids is 1. The molecular formula is C12H14FNO3S. The summed E-state index contributed by atoms with van der Waals surface area (Å²) in [5.74, 6) is -1.26. The minimum Gasteiger partial charge on any atom is -0.478 e. The molecule has 0 unspecified atom stereocenters. The van der Waals surface area contributed by atoms with E-state index in [1.165, 1.54) is 12.1 Å². The van der Waals surface area contributed by atoms with Crippen molar-refractivity contribution in [1.82, 2.24) is 5.32 Å². The summed E-state index contributed by atoms with van der Waals surface area (Å²) in [7, 11) is 0. The highest BCUT2D eigenvalue weighted by Gasteiger charge is 2.09. The predicted octanol–water partition coefficient (Wildman–Crippen LogP) is 2.14. The molecule has 18 heavy (non-hydrogen) atoms. The highest BCUT2D eigenvalue weighted by atomic mass is 32.2. The van der Waals surface area contributed by atoms with Crippen LogP contribution in [0.15, 0.2) is 23.1 Å². The molecule has 0 atom stereocenters. The van der Waals surface area contributed by atoms with Crippen molar-refractivity contribution in [3.63, 3.8) is 0 Å². The van der Waals surface area contributed by atoms with Gasteiger partial charge in [-0.1, -0.05) is 0 Å². The number of carboxylic acid groups (broad SMARTS) is 1. The Morgan fingerprint density at radius 3 is 2.78 bits per heavy atom. The Balaban J connectivity index is 2.58. The molecule has 0 spiro atoms. The van der Waals surface area contributed by atoms with Crippen LogP contribution in [0.3, 0.4) is 0 Å². The lowest BCUT2D eigenvalue weighted by Crippen LogP contribution is -2.22. The van der Waals surface area contributed by atoms with Crippen LogP contribution < -0.4 is 5.32 Å². The van der Waals surface area contributed by atoms with E-state index in [-0.39, 0.29) is 22.8 Å². The number of hydrogen-bond acceptors (Lipinski definition) is 3. The standard InChI is InChI=1S/C12H14FNO3S/c1-2-14-11(15)5-6-18-10-7-8(12(16)17)3-4-9(10)13/h3-4,7H,2,5-6H2,1H3,(H,14,15)(H,16,17). The molecule has 4 nitrogen and oxygen atoms in total. The van der Waals surface area contributed by atoms with Gasteiger partial charge in [-0.15, -0.1) is 11.8 Å². The van der Waals surface area contributed by atoms with E-state index < -0.39 is 11.8 Å². The number of benzene rings is 1. The van der Waals surface area contributed by atoms with Crippen molar-refractivity contribution in [3.05, 3.63) is 29.6 Å². The summed E-state index contributed by atoms with van der Waals surface area (Å²) in [5, 5.41) is 11.4. The van der Waals surface area contributed by atoms with Gasteiger partial charge in [-0.05, 0) is 25.1 Å². The molecule has 0 saturated heterocycles. The topological polar surface area (TPSA) is 66.4 Å². The largest absolute Gasteiger partial charge is 0.478 e. The predicted molar refractivity (Wildman–Crippen MR) is 67.4 cm³/mol. The number of carbonyl (C=O) groups excluding carboxylic acids is 1. The van der Waals surface area contributed by atoms with Crippen LogP contribution in [0.5, 0.6) is 0 Å². The number of hydrogen-bond donors (Lipinski definition) is 2. The molecule has 0 aromatic heterocycles. The van der Waals surface area contributed by atoms with Gasteiger partial charge in [-0.3, -0.25) is 4.79 Å². The van der Waals surface area contributed by atoms with Crippen LogP contribution in [0.4, 0.5) is 4.39 Å². The van der Waals surface area contributed by atoms with Gasteiger partial charge in [0.1, 0.15) is 5.82 Å². The van der Waals surface area contributed by atoms with Crippen LogP contribution in [0.25, 0.3) is 0 Å². The summed E-state index contributed by atoms with van der Waals surface area (Å²) in [5.41, 5.74) is 0.0388. The Morgan fingerprint density at radius 2 is 2.17 bits per heavy atom. The van der Waals surface area contributed by atoms with Gasteiger partial charge in [0, 0.05) is 23.6 Å². The van der Waals surface area contributed by atoms with Gasteiger partial charge in [-0.2, -0.15) is 0 Å². The zero-order chi connectivity index (χ0) is 13.5. The molecule has 0 aliphatic heterocycles. The first-order chi connectivity index (χ1) is 8.54. The van der Waals surface area contributed by atoms with Crippen LogP contribution >= 0.6 is 11.8 Å². The lowest BCUT2D eigenvalue weighted by Gasteiger charge is -2.05. The smallest absolute Gasteiger partial charge is 0.335 e. The van der Waals surface area contributed by atoms with Gasteiger partial charge < -0.3 is 10.4 Å². The first kappa shape index (κ1) is 14.5. The number of carbonyl (C=O) groups is 2. The Bertz CT molecular complexity index is 451. The fourth-order valence-corrected chi connectivity index (χ4v) is 2.21. The van der Waals surface area contributed by atoms with E-state index in [1.54, 1.807) is 0 Å². The minimum absolute atomic E-state index is 0.0388. The van der Waals surface area contributed by atoms with Crippen LogP contribution in [-0.2, 0) is 4.79 Å². The van der Waals surface area contributed by atoms with Gasteiger partial charge in [0.05, 0.1) is 5.56 Å². The summed E-state index contributed by atoms with van der Waals surface area (Å²) in [4.78, 5) is 22.2. The maximum atomic E-state index is 13.4. The molecule has 1 rings (SSSR count). The van der Waals surface area contributed by atoms with Crippen LogP contribution in [0.1, 0.15) is 23.7 Å². The quantitative estimate of drug-likeness (QED) is 0.778. The van der Waals surface area contributed by atoms with E-state index >= 15 is 0 Å². The van der Waals surface area contributed by atoms with Crippen molar-refractivity contribution in [1.29, 1.82) is 0 Å². The molecule has 0 aliphatic carbocycles. The summed E-state index contributed by atoms with van der Waals surface area (Å²) in [6.07, 6.45) is 0.273. The number of rotatable bonds is 6. The molecule has 98 valence electrons. The second kappa shape index (κ2) is 7.00. The molecule has 0 aliphatic rings. The van der Waals surface area contributed by atoms with Crippen molar-refractivity contribution >= 4 is 23.6 Å². The maximum absolute atomic E-state index is 13.4. The summed E-state index contributed by atoms with van der Waals surface area (Å²) >= 11 is 1.13. The maximum Gasteiger partial charge on any atom is 0.335 e. The Morgan fingerprint density at radius 1 is 1.44 bits per heavy atom. The molecular weight excluding hydrogens is 257 g/mol. The highest BCUT2D eigenvalue weighted by Crippen LogP contribution is 2.23. The Kier molecular flexibility index (Phi) is 5.64.